The van der Waals surface area contributed by atoms with Crippen LogP contribution in [0.4, 0.5) is 0 Å². The first-order valence-electron chi connectivity index (χ1n) is 12.4. The van der Waals surface area contributed by atoms with E-state index in [1.54, 1.807) is 12.1 Å². The maximum atomic E-state index is 13.7. The number of nitrogens with one attached hydrogen (secondary N) is 1. The average Bonchev–Trinajstić information content (AvgIpc) is 2.76. The van der Waals surface area contributed by atoms with Crippen molar-refractivity contribution in [3.8, 4) is 0 Å². The van der Waals surface area contributed by atoms with Gasteiger partial charge in [-0.25, -0.2) is 4.79 Å². The van der Waals surface area contributed by atoms with Gasteiger partial charge in [0.25, 0.3) is 5.91 Å². The number of hydrogen-bond acceptors (Lipinski definition) is 3. The summed E-state index contributed by atoms with van der Waals surface area (Å²) in [6, 6.07) is 12.9. The molecule has 4 bridgehead atoms. The smallest absolute Gasteiger partial charge is 0.329 e. The molecule has 1 atom stereocenters. The van der Waals surface area contributed by atoms with Crippen molar-refractivity contribution in [3.05, 3.63) is 70.3 Å². The third kappa shape index (κ3) is 4.32. The maximum absolute atomic E-state index is 13.7. The third-order valence-electron chi connectivity index (χ3n) is 8.44. The van der Waals surface area contributed by atoms with Gasteiger partial charge >= 0.3 is 5.97 Å². The van der Waals surface area contributed by atoms with Crippen LogP contribution in [0.5, 0.6) is 0 Å². The zero-order valence-electron chi connectivity index (χ0n) is 20.0. The number of benzene rings is 2. The molecule has 4 aliphatic carbocycles. The summed E-state index contributed by atoms with van der Waals surface area (Å²) in [6.45, 7) is 6.46. The number of carbonyl (C=O) groups is 2. The Morgan fingerprint density at radius 3 is 2.03 bits per heavy atom. The van der Waals surface area contributed by atoms with Crippen LogP contribution in [0, 0.1) is 43.9 Å². The average molecular weight is 446 g/mol. The van der Waals surface area contributed by atoms with E-state index in [0.29, 0.717) is 23.3 Å². The van der Waals surface area contributed by atoms with Crippen molar-refractivity contribution in [3.63, 3.8) is 0 Å². The molecule has 2 aromatic carbocycles. The number of carbonyl (C=O) groups excluding carboxylic acids is 2. The maximum Gasteiger partial charge on any atom is 0.329 e. The number of amides is 1. The molecule has 6 rings (SSSR count). The SMILES string of the molecule is Cc1cc(C)c(COC(=O)[C@@H](NC(=O)c2ccccc2)C23CC4CC(CC(C4)C2)C3)c(C)c1. The molecular formula is C29H35NO3. The van der Waals surface area contributed by atoms with E-state index in [-0.39, 0.29) is 23.9 Å². The van der Waals surface area contributed by atoms with Gasteiger partial charge in [-0.3, -0.25) is 4.79 Å². The Kier molecular flexibility index (Phi) is 5.80. The fourth-order valence-corrected chi connectivity index (χ4v) is 7.46. The number of rotatable bonds is 6. The fraction of sp³-hybridized carbons (Fsp3) is 0.517. The summed E-state index contributed by atoms with van der Waals surface area (Å²) in [6.07, 6.45) is 6.93. The van der Waals surface area contributed by atoms with Crippen LogP contribution in [0.2, 0.25) is 0 Å². The Morgan fingerprint density at radius 2 is 1.48 bits per heavy atom. The number of hydrogen-bond donors (Lipinski definition) is 1. The van der Waals surface area contributed by atoms with Crippen LogP contribution in [0.25, 0.3) is 0 Å². The van der Waals surface area contributed by atoms with E-state index in [0.717, 1.165) is 36.0 Å². The number of aryl methyl sites for hydroxylation is 3. The molecule has 0 aromatic heterocycles. The van der Waals surface area contributed by atoms with Crippen molar-refractivity contribution in [2.24, 2.45) is 23.2 Å². The molecule has 0 spiro atoms. The number of ether oxygens (including phenoxy) is 1. The van der Waals surface area contributed by atoms with Crippen LogP contribution in [0.15, 0.2) is 42.5 Å². The number of esters is 1. The molecular weight excluding hydrogens is 410 g/mol. The quantitative estimate of drug-likeness (QED) is 0.583. The highest BCUT2D eigenvalue weighted by atomic mass is 16.5. The van der Waals surface area contributed by atoms with Crippen molar-refractivity contribution < 1.29 is 14.3 Å². The zero-order chi connectivity index (χ0) is 23.2. The summed E-state index contributed by atoms with van der Waals surface area (Å²) >= 11 is 0. The van der Waals surface area contributed by atoms with Gasteiger partial charge in [0.15, 0.2) is 0 Å². The molecule has 174 valence electrons. The van der Waals surface area contributed by atoms with Crippen molar-refractivity contribution in [1.82, 2.24) is 5.32 Å². The normalized spacial score (nSPS) is 28.4. The Hall–Kier alpha value is -2.62. The van der Waals surface area contributed by atoms with Gasteiger partial charge in [-0.2, -0.15) is 0 Å². The van der Waals surface area contributed by atoms with Gasteiger partial charge in [-0.15, -0.1) is 0 Å². The lowest BCUT2D eigenvalue weighted by molar-refractivity contribution is -0.158. The zero-order valence-corrected chi connectivity index (χ0v) is 20.0. The van der Waals surface area contributed by atoms with Crippen molar-refractivity contribution in [2.75, 3.05) is 0 Å². The van der Waals surface area contributed by atoms with E-state index >= 15 is 0 Å². The van der Waals surface area contributed by atoms with Gasteiger partial charge in [0.1, 0.15) is 12.6 Å². The Morgan fingerprint density at radius 1 is 0.939 bits per heavy atom. The Labute approximate surface area is 197 Å². The second-order valence-electron chi connectivity index (χ2n) is 11.0. The second kappa shape index (κ2) is 8.62. The molecule has 0 unspecified atom stereocenters. The van der Waals surface area contributed by atoms with E-state index in [1.807, 2.05) is 18.2 Å². The highest BCUT2D eigenvalue weighted by Gasteiger charge is 2.56. The lowest BCUT2D eigenvalue weighted by Gasteiger charge is -2.58. The minimum Gasteiger partial charge on any atom is -0.459 e. The van der Waals surface area contributed by atoms with E-state index < -0.39 is 6.04 Å². The van der Waals surface area contributed by atoms with Gasteiger partial charge in [-0.1, -0.05) is 35.9 Å². The molecule has 4 saturated carbocycles. The Bertz CT molecular complexity index is 1000. The van der Waals surface area contributed by atoms with Crippen LogP contribution in [-0.4, -0.2) is 17.9 Å². The van der Waals surface area contributed by atoms with E-state index in [1.165, 1.54) is 24.8 Å². The van der Waals surface area contributed by atoms with E-state index in [2.05, 4.69) is 38.2 Å². The van der Waals surface area contributed by atoms with Gasteiger partial charge in [0.05, 0.1) is 0 Å². The molecule has 1 N–H and O–H groups in total. The van der Waals surface area contributed by atoms with Crippen LogP contribution >= 0.6 is 0 Å². The molecule has 4 fully saturated rings. The molecule has 4 heteroatoms. The first kappa shape index (κ1) is 22.2. The highest BCUT2D eigenvalue weighted by Crippen LogP contribution is 2.61. The van der Waals surface area contributed by atoms with Crippen molar-refractivity contribution >= 4 is 11.9 Å². The molecule has 1 amide bonds. The predicted octanol–water partition coefficient (Wildman–Crippen LogP) is 5.67. The van der Waals surface area contributed by atoms with Crippen molar-refractivity contribution in [2.45, 2.75) is 71.9 Å². The monoisotopic (exact) mass is 445 g/mol. The fourth-order valence-electron chi connectivity index (χ4n) is 7.46. The summed E-state index contributed by atoms with van der Waals surface area (Å²) in [4.78, 5) is 26.8. The van der Waals surface area contributed by atoms with Crippen LogP contribution in [0.1, 0.15) is 71.1 Å². The summed E-state index contributed by atoms with van der Waals surface area (Å²) in [7, 11) is 0. The van der Waals surface area contributed by atoms with E-state index in [4.69, 9.17) is 4.74 Å². The second-order valence-corrected chi connectivity index (χ2v) is 11.0. The molecule has 4 aliphatic rings. The molecule has 4 nitrogen and oxygen atoms in total. The van der Waals surface area contributed by atoms with Gasteiger partial charge in [-0.05, 0) is 106 Å². The molecule has 0 radical (unpaired) electrons. The Balaban J connectivity index is 1.40. The lowest BCUT2D eigenvalue weighted by atomic mass is 9.47. The summed E-state index contributed by atoms with van der Waals surface area (Å²) in [5.74, 6) is 1.59. The predicted molar refractivity (Wildman–Crippen MR) is 129 cm³/mol. The van der Waals surface area contributed by atoms with Gasteiger partial charge in [0.2, 0.25) is 0 Å². The standard InChI is InChI=1S/C29H35NO3/c1-18-9-19(2)25(20(3)10-18)17-33-28(32)26(30-27(31)24-7-5-4-6-8-24)29-14-21-11-22(15-29)13-23(12-21)16-29/h4-10,21-23,26H,11-17H2,1-3H3,(H,30,31)/t21?,22?,23?,26-,29?/m1/s1. The molecule has 0 heterocycles. The minimum atomic E-state index is -0.593. The molecule has 33 heavy (non-hydrogen) atoms. The van der Waals surface area contributed by atoms with Crippen LogP contribution in [0.3, 0.4) is 0 Å². The largest absolute Gasteiger partial charge is 0.459 e. The minimum absolute atomic E-state index is 0.173. The molecule has 0 saturated heterocycles. The summed E-state index contributed by atoms with van der Waals surface area (Å²) in [5, 5.41) is 3.15. The van der Waals surface area contributed by atoms with Crippen LogP contribution in [-0.2, 0) is 16.1 Å². The topological polar surface area (TPSA) is 55.4 Å². The first-order valence-corrected chi connectivity index (χ1v) is 12.4. The molecule has 2 aromatic rings. The summed E-state index contributed by atoms with van der Waals surface area (Å²) < 4.78 is 5.96. The van der Waals surface area contributed by atoms with E-state index in [9.17, 15) is 9.59 Å². The molecule has 0 aliphatic heterocycles. The first-order chi connectivity index (χ1) is 15.8. The lowest BCUT2D eigenvalue weighted by Crippen LogP contribution is -2.60. The van der Waals surface area contributed by atoms with Gasteiger partial charge < -0.3 is 10.1 Å². The van der Waals surface area contributed by atoms with Crippen molar-refractivity contribution in [1.29, 1.82) is 0 Å². The summed E-state index contributed by atoms with van der Waals surface area (Å²) in [5.41, 5.74) is 4.97. The third-order valence-corrected chi connectivity index (χ3v) is 8.44. The van der Waals surface area contributed by atoms with Gasteiger partial charge in [0, 0.05) is 11.0 Å². The highest BCUT2D eigenvalue weighted by molar-refractivity contribution is 5.97. The van der Waals surface area contributed by atoms with Crippen LogP contribution < -0.4 is 5.32 Å².